The largest absolute Gasteiger partial charge is 0.377 e. The van der Waals surface area contributed by atoms with Crippen molar-refractivity contribution >= 4 is 0 Å². The Kier molecular flexibility index (Phi) is 6.06. The summed E-state index contributed by atoms with van der Waals surface area (Å²) in [6.07, 6.45) is 4.48. The number of rotatable bonds is 6. The molecule has 1 heterocycles. The van der Waals surface area contributed by atoms with Crippen LogP contribution in [0.3, 0.4) is 0 Å². The van der Waals surface area contributed by atoms with Gasteiger partial charge in [-0.1, -0.05) is 27.2 Å². The monoisotopic (exact) mass is 298 g/mol. The minimum absolute atomic E-state index is 0.226. The number of methoxy groups -OCH3 is 2. The SMILES string of the molecule is CCNC1C(CN2CC(OC)C(OC)C2)CCCC1(C)C. The van der Waals surface area contributed by atoms with Gasteiger partial charge in [-0.05, 0) is 30.7 Å². The van der Waals surface area contributed by atoms with Crippen LogP contribution < -0.4 is 5.32 Å². The zero-order chi connectivity index (χ0) is 15.5. The molecule has 0 aromatic rings. The van der Waals surface area contributed by atoms with E-state index in [1.54, 1.807) is 14.2 Å². The van der Waals surface area contributed by atoms with Gasteiger partial charge in [0.2, 0.25) is 0 Å². The molecule has 0 aromatic carbocycles. The maximum atomic E-state index is 5.57. The summed E-state index contributed by atoms with van der Waals surface area (Å²) in [5.74, 6) is 0.738. The maximum Gasteiger partial charge on any atom is 0.0971 e. The Balaban J connectivity index is 1.97. The van der Waals surface area contributed by atoms with Crippen LogP contribution in [0.2, 0.25) is 0 Å². The molecule has 1 saturated carbocycles. The number of hydrogen-bond donors (Lipinski definition) is 1. The zero-order valence-electron chi connectivity index (χ0n) is 14.5. The Morgan fingerprint density at radius 1 is 1.14 bits per heavy atom. The van der Waals surface area contributed by atoms with Gasteiger partial charge in [0.15, 0.2) is 0 Å². The van der Waals surface area contributed by atoms with Crippen molar-refractivity contribution in [1.82, 2.24) is 10.2 Å². The summed E-state index contributed by atoms with van der Waals surface area (Å²) < 4.78 is 11.1. The normalized spacial score (nSPS) is 37.0. The zero-order valence-corrected chi connectivity index (χ0v) is 14.5. The fraction of sp³-hybridized carbons (Fsp3) is 1.00. The summed E-state index contributed by atoms with van der Waals surface area (Å²) in [5, 5.41) is 3.76. The van der Waals surface area contributed by atoms with Crippen molar-refractivity contribution in [3.8, 4) is 0 Å². The molecule has 21 heavy (non-hydrogen) atoms. The third-order valence-corrected chi connectivity index (χ3v) is 5.52. The first kappa shape index (κ1) is 17.2. The number of hydrogen-bond acceptors (Lipinski definition) is 4. The molecule has 1 saturated heterocycles. The van der Waals surface area contributed by atoms with Gasteiger partial charge in [0.25, 0.3) is 0 Å². The highest BCUT2D eigenvalue weighted by molar-refractivity contribution is 4.96. The van der Waals surface area contributed by atoms with Gasteiger partial charge >= 0.3 is 0 Å². The second-order valence-corrected chi connectivity index (χ2v) is 7.44. The number of likely N-dealkylation sites (tertiary alicyclic amines) is 1. The highest BCUT2D eigenvalue weighted by Gasteiger charge is 2.41. The van der Waals surface area contributed by atoms with E-state index in [-0.39, 0.29) is 12.2 Å². The van der Waals surface area contributed by atoms with Crippen LogP contribution in [-0.4, -0.2) is 63.5 Å². The van der Waals surface area contributed by atoms with E-state index in [4.69, 9.17) is 9.47 Å². The molecular formula is C17H34N2O2. The standard InChI is InChI=1S/C17H34N2O2/c1-6-18-16-13(8-7-9-17(16,2)3)10-19-11-14(20-4)15(12-19)21-5/h13-16,18H,6-12H2,1-5H3. The van der Waals surface area contributed by atoms with E-state index in [0.29, 0.717) is 11.5 Å². The molecule has 0 aromatic heterocycles. The van der Waals surface area contributed by atoms with Crippen molar-refractivity contribution in [3.63, 3.8) is 0 Å². The summed E-state index contributed by atoms with van der Waals surface area (Å²) in [4.78, 5) is 2.54. The minimum atomic E-state index is 0.226. The van der Waals surface area contributed by atoms with Crippen LogP contribution in [0.1, 0.15) is 40.0 Å². The van der Waals surface area contributed by atoms with Crippen LogP contribution in [-0.2, 0) is 9.47 Å². The van der Waals surface area contributed by atoms with Crippen LogP contribution in [0.4, 0.5) is 0 Å². The first-order valence-electron chi connectivity index (χ1n) is 8.53. The third kappa shape index (κ3) is 3.98. The van der Waals surface area contributed by atoms with Gasteiger partial charge in [-0.15, -0.1) is 0 Å². The first-order valence-corrected chi connectivity index (χ1v) is 8.53. The summed E-state index contributed by atoms with van der Waals surface area (Å²) in [7, 11) is 3.59. The Morgan fingerprint density at radius 2 is 1.76 bits per heavy atom. The molecule has 2 aliphatic rings. The average molecular weight is 298 g/mol. The number of ether oxygens (including phenoxy) is 2. The molecule has 4 heteroatoms. The van der Waals surface area contributed by atoms with Gasteiger partial charge < -0.3 is 14.8 Å². The van der Waals surface area contributed by atoms with Crippen molar-refractivity contribution < 1.29 is 9.47 Å². The van der Waals surface area contributed by atoms with Gasteiger partial charge in [-0.3, -0.25) is 4.90 Å². The van der Waals surface area contributed by atoms with Crippen molar-refractivity contribution in [2.75, 3.05) is 40.4 Å². The molecule has 1 aliphatic carbocycles. The molecule has 4 nitrogen and oxygen atoms in total. The van der Waals surface area contributed by atoms with Gasteiger partial charge in [-0.25, -0.2) is 0 Å². The second kappa shape index (κ2) is 7.40. The molecule has 2 fully saturated rings. The summed E-state index contributed by atoms with van der Waals surface area (Å²) >= 11 is 0. The number of nitrogens with zero attached hydrogens (tertiary/aromatic N) is 1. The van der Waals surface area contributed by atoms with Crippen LogP contribution in [0, 0.1) is 11.3 Å². The molecule has 124 valence electrons. The molecule has 1 aliphatic heterocycles. The molecule has 0 spiro atoms. The lowest BCUT2D eigenvalue weighted by molar-refractivity contribution is -0.00461. The van der Waals surface area contributed by atoms with E-state index in [1.807, 2.05) is 0 Å². The average Bonchev–Trinajstić information content (AvgIpc) is 2.84. The van der Waals surface area contributed by atoms with Gasteiger partial charge in [0.1, 0.15) is 0 Å². The van der Waals surface area contributed by atoms with Crippen LogP contribution in [0.25, 0.3) is 0 Å². The van der Waals surface area contributed by atoms with E-state index < -0.39 is 0 Å². The summed E-state index contributed by atoms with van der Waals surface area (Å²) in [5.41, 5.74) is 0.403. The minimum Gasteiger partial charge on any atom is -0.377 e. The Bertz CT molecular complexity index is 310. The summed E-state index contributed by atoms with van der Waals surface area (Å²) in [6.45, 7) is 11.3. The molecule has 2 rings (SSSR count). The Hall–Kier alpha value is -0.160. The lowest BCUT2D eigenvalue weighted by Crippen LogP contribution is -2.52. The highest BCUT2D eigenvalue weighted by atomic mass is 16.5. The van der Waals surface area contributed by atoms with Crippen LogP contribution in [0.5, 0.6) is 0 Å². The van der Waals surface area contributed by atoms with Crippen molar-refractivity contribution in [1.29, 1.82) is 0 Å². The predicted molar refractivity (Wildman–Crippen MR) is 86.6 cm³/mol. The van der Waals surface area contributed by atoms with Gasteiger partial charge in [0.05, 0.1) is 12.2 Å². The molecule has 4 unspecified atom stereocenters. The topological polar surface area (TPSA) is 33.7 Å². The number of nitrogens with one attached hydrogen (secondary N) is 1. The molecule has 0 bridgehead atoms. The lowest BCUT2D eigenvalue weighted by Gasteiger charge is -2.45. The van der Waals surface area contributed by atoms with Crippen molar-refractivity contribution in [2.24, 2.45) is 11.3 Å². The van der Waals surface area contributed by atoms with E-state index in [0.717, 1.165) is 25.6 Å². The smallest absolute Gasteiger partial charge is 0.0971 e. The fourth-order valence-electron chi connectivity index (χ4n) is 4.39. The van der Waals surface area contributed by atoms with Crippen molar-refractivity contribution in [3.05, 3.63) is 0 Å². The molecule has 4 atom stereocenters. The lowest BCUT2D eigenvalue weighted by atomic mass is 9.67. The molecule has 0 amide bonds. The van der Waals surface area contributed by atoms with Crippen LogP contribution in [0.15, 0.2) is 0 Å². The van der Waals surface area contributed by atoms with Gasteiger partial charge in [0, 0.05) is 39.9 Å². The fourth-order valence-corrected chi connectivity index (χ4v) is 4.39. The van der Waals surface area contributed by atoms with Gasteiger partial charge in [-0.2, -0.15) is 0 Å². The Labute approximate surface area is 130 Å². The van der Waals surface area contributed by atoms with Crippen molar-refractivity contribution in [2.45, 2.75) is 58.3 Å². The molecule has 0 radical (unpaired) electrons. The van der Waals surface area contributed by atoms with Crippen LogP contribution >= 0.6 is 0 Å². The Morgan fingerprint density at radius 3 is 2.29 bits per heavy atom. The second-order valence-electron chi connectivity index (χ2n) is 7.44. The third-order valence-electron chi connectivity index (χ3n) is 5.52. The summed E-state index contributed by atoms with van der Waals surface area (Å²) in [6, 6.07) is 0.624. The maximum absolute atomic E-state index is 5.57. The highest BCUT2D eigenvalue weighted by Crippen LogP contribution is 2.39. The molecule has 1 N–H and O–H groups in total. The van der Waals surface area contributed by atoms with E-state index in [9.17, 15) is 0 Å². The quantitative estimate of drug-likeness (QED) is 0.814. The first-order chi connectivity index (χ1) is 10.0. The van der Waals surface area contributed by atoms with E-state index in [2.05, 4.69) is 31.0 Å². The molecular weight excluding hydrogens is 264 g/mol. The van der Waals surface area contributed by atoms with E-state index >= 15 is 0 Å². The predicted octanol–water partition coefficient (Wildman–Crippen LogP) is 2.14. The van der Waals surface area contributed by atoms with E-state index in [1.165, 1.54) is 25.8 Å².